The molecular formula is C8H21NO. The van der Waals surface area contributed by atoms with Gasteiger partial charge in [-0.25, -0.2) is 0 Å². The highest BCUT2D eigenvalue weighted by molar-refractivity contribution is 4.37. The minimum absolute atomic E-state index is 0.750. The molecule has 0 heterocycles. The summed E-state index contributed by atoms with van der Waals surface area (Å²) in [6.45, 7) is 5.77. The number of quaternary nitrogens is 1. The third kappa shape index (κ3) is 15.7. The Balaban J connectivity index is 0. The van der Waals surface area contributed by atoms with E-state index in [1.165, 1.54) is 6.54 Å². The van der Waals surface area contributed by atoms with Gasteiger partial charge >= 0.3 is 0 Å². The van der Waals surface area contributed by atoms with Crippen molar-refractivity contribution < 1.29 is 9.59 Å². The van der Waals surface area contributed by atoms with Crippen molar-refractivity contribution in [3.05, 3.63) is 0 Å². The molecule has 0 aliphatic rings. The molecule has 0 aromatic heterocycles. The van der Waals surface area contributed by atoms with Gasteiger partial charge < -0.3 is 9.59 Å². The highest BCUT2D eigenvalue weighted by atomic mass is 16.2. The van der Waals surface area contributed by atoms with Crippen LogP contribution in [-0.4, -0.2) is 39.3 Å². The second-order valence-electron chi connectivity index (χ2n) is 3.87. The number of nitrogens with zero attached hydrogens (tertiary/aromatic N) is 1. The molecule has 10 heavy (non-hydrogen) atoms. The summed E-state index contributed by atoms with van der Waals surface area (Å²) < 4.78 is 1.08. The van der Waals surface area contributed by atoms with Crippen molar-refractivity contribution in [1.29, 1.82) is 0 Å². The first-order valence-electron chi connectivity index (χ1n) is 3.63. The lowest BCUT2D eigenvalue weighted by Gasteiger charge is -2.25. The molecule has 0 aromatic carbocycles. The molecule has 0 aliphatic heterocycles. The van der Waals surface area contributed by atoms with Crippen molar-refractivity contribution in [3.8, 4) is 0 Å². The van der Waals surface area contributed by atoms with Crippen LogP contribution in [0, 0.1) is 5.92 Å². The maximum absolute atomic E-state index is 8.25. The zero-order valence-electron chi connectivity index (χ0n) is 8.14. The summed E-state index contributed by atoms with van der Waals surface area (Å²) in [6.07, 6.45) is 0. The van der Waals surface area contributed by atoms with E-state index in [9.17, 15) is 0 Å². The molecule has 64 valence electrons. The molecule has 0 saturated carbocycles. The Bertz CT molecular complexity index is 64.1. The minimum atomic E-state index is 0.750. The average molecular weight is 147 g/mol. The molecule has 0 aromatic rings. The molecule has 0 fully saturated rings. The summed E-state index contributed by atoms with van der Waals surface area (Å²) >= 11 is 0. The first kappa shape index (κ1) is 12.6. The molecule has 2 nitrogen and oxygen atoms in total. The summed E-state index contributed by atoms with van der Waals surface area (Å²) in [5.41, 5.74) is 0. The number of rotatable bonds is 2. The SMILES string of the molecule is CC(C)C[N+](C)(C)C.C[O-]. The van der Waals surface area contributed by atoms with Gasteiger partial charge in [-0.05, 0) is 0 Å². The fourth-order valence-corrected chi connectivity index (χ4v) is 1.10. The molecule has 0 saturated heterocycles. The number of hydrogen-bond donors (Lipinski definition) is 0. The largest absolute Gasteiger partial charge is 0.857 e. The van der Waals surface area contributed by atoms with E-state index in [0.29, 0.717) is 0 Å². The van der Waals surface area contributed by atoms with Crippen LogP contribution in [0.5, 0.6) is 0 Å². The van der Waals surface area contributed by atoms with E-state index in [-0.39, 0.29) is 0 Å². The van der Waals surface area contributed by atoms with Crippen LogP contribution in [0.25, 0.3) is 0 Å². The third-order valence-corrected chi connectivity index (χ3v) is 0.913. The van der Waals surface area contributed by atoms with Gasteiger partial charge in [0.25, 0.3) is 0 Å². The molecule has 0 N–H and O–H groups in total. The lowest BCUT2D eigenvalue weighted by atomic mass is 10.2. The monoisotopic (exact) mass is 147 g/mol. The molecule has 0 rings (SSSR count). The van der Waals surface area contributed by atoms with Gasteiger partial charge in [0.05, 0.1) is 27.7 Å². The van der Waals surface area contributed by atoms with Crippen LogP contribution in [0.4, 0.5) is 0 Å². The second-order valence-corrected chi connectivity index (χ2v) is 3.87. The van der Waals surface area contributed by atoms with Gasteiger partial charge in [0.1, 0.15) is 0 Å². The van der Waals surface area contributed by atoms with E-state index in [2.05, 4.69) is 35.0 Å². The third-order valence-electron chi connectivity index (χ3n) is 0.913. The standard InChI is InChI=1S/C7H18N.CH3O/c1-7(2)6-8(3,4)5;1-2/h7H,6H2,1-5H3;1H3/q+1;-1. The predicted octanol–water partition coefficient (Wildman–Crippen LogP) is 0.325. The fourth-order valence-electron chi connectivity index (χ4n) is 1.10. The smallest absolute Gasteiger partial charge is 0.0803 e. The van der Waals surface area contributed by atoms with E-state index in [1.54, 1.807) is 0 Å². The Morgan fingerprint density at radius 2 is 1.40 bits per heavy atom. The van der Waals surface area contributed by atoms with Crippen molar-refractivity contribution in [3.63, 3.8) is 0 Å². The van der Waals surface area contributed by atoms with E-state index in [4.69, 9.17) is 5.11 Å². The van der Waals surface area contributed by atoms with Crippen LogP contribution in [0.1, 0.15) is 13.8 Å². The number of hydrogen-bond acceptors (Lipinski definition) is 1. The minimum Gasteiger partial charge on any atom is -0.857 e. The zero-order valence-corrected chi connectivity index (χ0v) is 8.14. The van der Waals surface area contributed by atoms with E-state index in [1.807, 2.05) is 0 Å². The van der Waals surface area contributed by atoms with Crippen LogP contribution in [0.2, 0.25) is 0 Å². The van der Waals surface area contributed by atoms with Crippen molar-refractivity contribution in [2.45, 2.75) is 13.8 Å². The second kappa shape index (κ2) is 5.69. The Morgan fingerprint density at radius 3 is 1.40 bits per heavy atom. The molecule has 0 spiro atoms. The van der Waals surface area contributed by atoms with Gasteiger partial charge in [-0.2, -0.15) is 7.11 Å². The average Bonchev–Trinajstić information content (AvgIpc) is 1.64. The summed E-state index contributed by atoms with van der Waals surface area (Å²) in [7, 11) is 7.42. The van der Waals surface area contributed by atoms with Crippen LogP contribution >= 0.6 is 0 Å². The lowest BCUT2D eigenvalue weighted by molar-refractivity contribution is -0.873. The van der Waals surface area contributed by atoms with Gasteiger partial charge in [0.2, 0.25) is 0 Å². The van der Waals surface area contributed by atoms with E-state index in [0.717, 1.165) is 17.5 Å². The highest BCUT2D eigenvalue weighted by Gasteiger charge is 2.08. The van der Waals surface area contributed by atoms with Crippen molar-refractivity contribution >= 4 is 0 Å². The predicted molar refractivity (Wildman–Crippen MR) is 43.7 cm³/mol. The van der Waals surface area contributed by atoms with Crippen LogP contribution in [0.15, 0.2) is 0 Å². The van der Waals surface area contributed by atoms with Crippen LogP contribution in [0.3, 0.4) is 0 Å². The molecule has 0 bridgehead atoms. The van der Waals surface area contributed by atoms with E-state index < -0.39 is 0 Å². The lowest BCUT2D eigenvalue weighted by Crippen LogP contribution is -2.37. The molecule has 0 aliphatic carbocycles. The van der Waals surface area contributed by atoms with Gasteiger partial charge in [0, 0.05) is 5.92 Å². The fraction of sp³-hybridized carbons (Fsp3) is 1.00. The first-order chi connectivity index (χ1) is 4.42. The Kier molecular flexibility index (Phi) is 7.15. The topological polar surface area (TPSA) is 23.1 Å². The van der Waals surface area contributed by atoms with Gasteiger partial charge in [-0.1, -0.05) is 13.8 Å². The van der Waals surface area contributed by atoms with Gasteiger partial charge in [-0.15, -0.1) is 0 Å². The quantitative estimate of drug-likeness (QED) is 0.516. The van der Waals surface area contributed by atoms with Crippen LogP contribution < -0.4 is 5.11 Å². The summed E-state index contributed by atoms with van der Waals surface area (Å²) in [5.74, 6) is 0.815. The summed E-state index contributed by atoms with van der Waals surface area (Å²) in [4.78, 5) is 0. The first-order valence-corrected chi connectivity index (χ1v) is 3.63. The summed E-state index contributed by atoms with van der Waals surface area (Å²) in [5, 5.41) is 8.25. The highest BCUT2D eigenvalue weighted by Crippen LogP contribution is 1.98. The summed E-state index contributed by atoms with van der Waals surface area (Å²) in [6, 6.07) is 0. The Labute approximate surface area is 65.1 Å². The van der Waals surface area contributed by atoms with Crippen LogP contribution in [-0.2, 0) is 0 Å². The van der Waals surface area contributed by atoms with E-state index >= 15 is 0 Å². The van der Waals surface area contributed by atoms with Crippen molar-refractivity contribution in [2.24, 2.45) is 5.92 Å². The normalized spacial score (nSPS) is 10.8. The van der Waals surface area contributed by atoms with Crippen molar-refractivity contribution in [2.75, 3.05) is 34.8 Å². The Hall–Kier alpha value is -0.0800. The molecule has 0 unspecified atom stereocenters. The van der Waals surface area contributed by atoms with Crippen molar-refractivity contribution in [1.82, 2.24) is 0 Å². The maximum Gasteiger partial charge on any atom is 0.0803 e. The molecule has 0 radical (unpaired) electrons. The molecule has 2 heteroatoms. The molecular weight excluding hydrogens is 126 g/mol. The zero-order chi connectivity index (χ0) is 8.78. The molecule has 0 amide bonds. The molecule has 0 atom stereocenters. The van der Waals surface area contributed by atoms with Gasteiger partial charge in [0.15, 0.2) is 0 Å². The Morgan fingerprint density at radius 1 is 1.10 bits per heavy atom. The van der Waals surface area contributed by atoms with Gasteiger partial charge in [-0.3, -0.25) is 0 Å². The maximum atomic E-state index is 8.25.